The average Bonchev–Trinajstić information content (AvgIpc) is 3.51. The lowest BCUT2D eigenvalue weighted by Crippen LogP contribution is -2.43. The highest BCUT2D eigenvalue weighted by molar-refractivity contribution is 9.10. The van der Waals surface area contributed by atoms with E-state index in [1.807, 2.05) is 11.9 Å². The van der Waals surface area contributed by atoms with Crippen molar-refractivity contribution in [2.45, 2.75) is 37.3 Å². The van der Waals surface area contributed by atoms with Gasteiger partial charge in [0.1, 0.15) is 34.7 Å². The molecular formula is C23H29BrFN7O3. The van der Waals surface area contributed by atoms with E-state index in [2.05, 4.69) is 30.9 Å². The Bertz CT molecular complexity index is 1320. The van der Waals surface area contributed by atoms with Crippen molar-refractivity contribution in [1.29, 1.82) is 0 Å². The van der Waals surface area contributed by atoms with Gasteiger partial charge in [-0.1, -0.05) is 0 Å². The Morgan fingerprint density at radius 3 is 3.03 bits per heavy atom. The molecule has 3 aliphatic heterocycles. The summed E-state index contributed by atoms with van der Waals surface area (Å²) in [5.74, 6) is 0.661. The summed E-state index contributed by atoms with van der Waals surface area (Å²) < 4.78 is 27.7. The van der Waals surface area contributed by atoms with E-state index in [0.717, 1.165) is 47.7 Å². The summed E-state index contributed by atoms with van der Waals surface area (Å²) in [5, 5.41) is 16.1. The van der Waals surface area contributed by atoms with E-state index in [1.165, 1.54) is 0 Å². The number of anilines is 1. The molecule has 10 nitrogen and oxygen atoms in total. The molecule has 2 N–H and O–H groups in total. The zero-order chi connectivity index (χ0) is 24.4. The number of aromatic amines is 1. The van der Waals surface area contributed by atoms with Crippen LogP contribution in [0, 0.1) is 0 Å². The molecule has 3 saturated heterocycles. The van der Waals surface area contributed by atoms with E-state index in [9.17, 15) is 9.50 Å². The Morgan fingerprint density at radius 2 is 2.20 bits per heavy atom. The van der Waals surface area contributed by atoms with Gasteiger partial charge in [0.2, 0.25) is 0 Å². The van der Waals surface area contributed by atoms with Gasteiger partial charge < -0.3 is 24.5 Å². The number of fused-ring (bicyclic) bond motifs is 4. The van der Waals surface area contributed by atoms with Crippen molar-refractivity contribution in [2.24, 2.45) is 7.05 Å². The first kappa shape index (κ1) is 23.1. The van der Waals surface area contributed by atoms with Crippen molar-refractivity contribution in [3.05, 3.63) is 16.5 Å². The van der Waals surface area contributed by atoms with E-state index < -0.39 is 5.60 Å². The van der Waals surface area contributed by atoms with Crippen LogP contribution in [0.15, 0.2) is 16.5 Å². The molecule has 35 heavy (non-hydrogen) atoms. The van der Waals surface area contributed by atoms with Gasteiger partial charge in [0, 0.05) is 20.1 Å². The number of halogens is 2. The minimum atomic E-state index is -1.03. The van der Waals surface area contributed by atoms with Crippen molar-refractivity contribution < 1.29 is 19.0 Å². The van der Waals surface area contributed by atoms with Crippen LogP contribution >= 0.6 is 15.9 Å². The van der Waals surface area contributed by atoms with Gasteiger partial charge in [0.25, 0.3) is 0 Å². The standard InChI is InChI=1S/C23H29BrFN7O3/c1-22(33)11-31(6-7-34-12-22)20-15-17-16(18(24)29-30(17)2)26-19(15)27-21(28-20)35-13-23-4-3-5-32(23)10-14(8-23)9-25/h9,33H,3-8,10-13H2,1-2H3,(H,26,27,28)/b14-9-/t22-,23-/m0/s1. The maximum absolute atomic E-state index is 13.3. The molecule has 12 heteroatoms. The van der Waals surface area contributed by atoms with Gasteiger partial charge in [-0.25, -0.2) is 4.39 Å². The molecule has 0 saturated carbocycles. The second-order valence-corrected chi connectivity index (χ2v) is 11.0. The number of aryl methyl sites for hydroxylation is 1. The van der Waals surface area contributed by atoms with Crippen LogP contribution in [0.4, 0.5) is 10.2 Å². The minimum Gasteiger partial charge on any atom is -0.461 e. The normalized spacial score (nSPS) is 28.9. The molecule has 0 spiro atoms. The van der Waals surface area contributed by atoms with E-state index in [4.69, 9.17) is 19.4 Å². The van der Waals surface area contributed by atoms with Gasteiger partial charge in [0.05, 0.1) is 37.0 Å². The predicted octanol–water partition coefficient (Wildman–Crippen LogP) is 2.67. The highest BCUT2D eigenvalue weighted by atomic mass is 79.9. The molecule has 0 aliphatic carbocycles. The predicted molar refractivity (Wildman–Crippen MR) is 132 cm³/mol. The first-order valence-electron chi connectivity index (χ1n) is 11.9. The van der Waals surface area contributed by atoms with Crippen LogP contribution in [-0.4, -0.2) is 91.9 Å². The van der Waals surface area contributed by atoms with E-state index in [-0.39, 0.29) is 18.2 Å². The molecule has 3 aromatic rings. The Balaban J connectivity index is 1.42. The van der Waals surface area contributed by atoms with Crippen molar-refractivity contribution in [3.63, 3.8) is 0 Å². The zero-order valence-corrected chi connectivity index (χ0v) is 21.4. The summed E-state index contributed by atoms with van der Waals surface area (Å²) in [6.45, 7) is 5.39. The molecule has 3 aromatic heterocycles. The lowest BCUT2D eigenvalue weighted by Gasteiger charge is -2.31. The molecule has 188 valence electrons. The smallest absolute Gasteiger partial charge is 0.320 e. The Morgan fingerprint density at radius 1 is 1.34 bits per heavy atom. The molecule has 3 fully saturated rings. The SMILES string of the molecule is Cn1nc(Br)c2[nH]c3nc(OC[C@@]45CCCN4C/C(=C\F)C5)nc(N4CCOC[C@@](C)(O)C4)c3c21. The van der Waals surface area contributed by atoms with Gasteiger partial charge in [-0.05, 0) is 54.2 Å². The van der Waals surface area contributed by atoms with Crippen molar-refractivity contribution in [3.8, 4) is 6.01 Å². The molecular weight excluding hydrogens is 521 g/mol. The number of ether oxygens (including phenoxy) is 2. The molecule has 0 unspecified atom stereocenters. The van der Waals surface area contributed by atoms with E-state index in [0.29, 0.717) is 55.3 Å². The van der Waals surface area contributed by atoms with Crippen LogP contribution in [-0.2, 0) is 11.8 Å². The molecule has 6 heterocycles. The molecule has 2 atom stereocenters. The van der Waals surface area contributed by atoms with Gasteiger partial charge in [-0.2, -0.15) is 15.1 Å². The summed E-state index contributed by atoms with van der Waals surface area (Å²) in [6, 6.07) is 0.256. The summed E-state index contributed by atoms with van der Waals surface area (Å²) >= 11 is 3.53. The number of rotatable bonds is 4. The summed E-state index contributed by atoms with van der Waals surface area (Å²) in [6.07, 6.45) is 3.43. The van der Waals surface area contributed by atoms with Crippen molar-refractivity contribution in [2.75, 3.05) is 50.9 Å². The zero-order valence-electron chi connectivity index (χ0n) is 19.9. The van der Waals surface area contributed by atoms with E-state index in [1.54, 1.807) is 11.6 Å². The van der Waals surface area contributed by atoms with Gasteiger partial charge >= 0.3 is 6.01 Å². The second-order valence-electron chi connectivity index (χ2n) is 10.3. The van der Waals surface area contributed by atoms with Crippen LogP contribution in [0.5, 0.6) is 6.01 Å². The largest absolute Gasteiger partial charge is 0.461 e. The lowest BCUT2D eigenvalue weighted by molar-refractivity contribution is -0.0123. The Hall–Kier alpha value is -2.28. The molecule has 0 radical (unpaired) electrons. The third-order valence-corrected chi connectivity index (χ3v) is 7.97. The van der Waals surface area contributed by atoms with Crippen LogP contribution in [0.25, 0.3) is 22.1 Å². The Labute approximate surface area is 210 Å². The van der Waals surface area contributed by atoms with Crippen LogP contribution < -0.4 is 9.64 Å². The van der Waals surface area contributed by atoms with Crippen molar-refractivity contribution >= 4 is 43.8 Å². The molecule has 0 aromatic carbocycles. The minimum absolute atomic E-state index is 0.218. The van der Waals surface area contributed by atoms with Gasteiger partial charge in [-0.3, -0.25) is 9.58 Å². The summed E-state index contributed by atoms with van der Waals surface area (Å²) in [4.78, 5) is 17.3. The maximum atomic E-state index is 13.3. The highest BCUT2D eigenvalue weighted by Gasteiger charge is 2.47. The number of nitrogens with zero attached hydrogens (tertiary/aromatic N) is 6. The van der Waals surface area contributed by atoms with Crippen LogP contribution in [0.1, 0.15) is 26.2 Å². The number of nitrogens with one attached hydrogen (secondary N) is 1. The fraction of sp³-hybridized carbons (Fsp3) is 0.609. The first-order chi connectivity index (χ1) is 16.8. The average molecular weight is 550 g/mol. The van der Waals surface area contributed by atoms with E-state index >= 15 is 0 Å². The molecule has 3 aliphatic rings. The molecule has 0 bridgehead atoms. The van der Waals surface area contributed by atoms with Crippen LogP contribution in [0.2, 0.25) is 0 Å². The number of H-pyrrole nitrogens is 1. The fourth-order valence-electron chi connectivity index (χ4n) is 5.87. The molecule has 6 rings (SSSR count). The summed E-state index contributed by atoms with van der Waals surface area (Å²) in [7, 11) is 1.88. The second kappa shape index (κ2) is 8.39. The summed E-state index contributed by atoms with van der Waals surface area (Å²) in [5.41, 5.74) is 1.89. The number of β-amino-alcohol motifs (C(OH)–C–C–N with tert-alkyl or cyclic N) is 1. The third-order valence-electron chi connectivity index (χ3n) is 7.42. The van der Waals surface area contributed by atoms with Gasteiger partial charge in [0.15, 0.2) is 4.60 Å². The number of hydrogen-bond donors (Lipinski definition) is 2. The topological polar surface area (TPSA) is 105 Å². The first-order valence-corrected chi connectivity index (χ1v) is 12.7. The molecule has 0 amide bonds. The van der Waals surface area contributed by atoms with Crippen LogP contribution in [0.3, 0.4) is 0 Å². The third kappa shape index (κ3) is 3.90. The number of aliphatic hydroxyl groups is 1. The Kier molecular flexibility index (Phi) is 5.55. The quantitative estimate of drug-likeness (QED) is 0.511. The highest BCUT2D eigenvalue weighted by Crippen LogP contribution is 2.42. The number of aromatic nitrogens is 5. The monoisotopic (exact) mass is 549 g/mol. The number of hydrogen-bond acceptors (Lipinski definition) is 8. The maximum Gasteiger partial charge on any atom is 0.320 e. The lowest BCUT2D eigenvalue weighted by atomic mass is 9.94. The van der Waals surface area contributed by atoms with Gasteiger partial charge in [-0.15, -0.1) is 0 Å². The van der Waals surface area contributed by atoms with Crippen molar-refractivity contribution in [1.82, 2.24) is 29.6 Å². The fourth-order valence-corrected chi connectivity index (χ4v) is 6.40.